The first kappa shape index (κ1) is 20.6. The second-order valence-electron chi connectivity index (χ2n) is 5.85. The number of aromatic nitrogens is 3. The number of Topliss-reactive ketones (excluding diaryl/α,β-unsaturated/α-hetero) is 1. The number of benzene rings is 2. The van der Waals surface area contributed by atoms with Crippen LogP contribution in [0.1, 0.15) is 26.5 Å². The summed E-state index contributed by atoms with van der Waals surface area (Å²) in [6.45, 7) is 0. The molecule has 0 N–H and O–H groups in total. The van der Waals surface area contributed by atoms with Crippen molar-refractivity contribution in [2.24, 2.45) is 5.11 Å². The van der Waals surface area contributed by atoms with Crippen LogP contribution in [-0.4, -0.2) is 32.8 Å². The lowest BCUT2D eigenvalue weighted by molar-refractivity contribution is -0.274. The molecule has 152 valence electrons. The summed E-state index contributed by atoms with van der Waals surface area (Å²) in [6.07, 6.45) is -3.57. The van der Waals surface area contributed by atoms with Crippen molar-refractivity contribution in [3.05, 3.63) is 82.3 Å². The number of carbonyl (C=O) groups excluding carboxylic acids is 2. The van der Waals surface area contributed by atoms with Crippen LogP contribution in [0.15, 0.2) is 60.0 Å². The molecule has 0 saturated carbocycles. The monoisotopic (exact) mass is 416 g/mol. The van der Waals surface area contributed by atoms with Crippen LogP contribution in [0.5, 0.6) is 5.75 Å². The number of hydrogen-bond acceptors (Lipinski definition) is 5. The summed E-state index contributed by atoms with van der Waals surface area (Å²) in [6, 6.07) is 10.8. The number of ketones is 1. The Balaban J connectivity index is 1.67. The van der Waals surface area contributed by atoms with Crippen molar-refractivity contribution in [2.45, 2.75) is 12.8 Å². The third kappa shape index (κ3) is 5.20. The van der Waals surface area contributed by atoms with Crippen LogP contribution in [0, 0.1) is 0 Å². The second kappa shape index (κ2) is 8.45. The van der Waals surface area contributed by atoms with Gasteiger partial charge in [0.25, 0.3) is 0 Å². The van der Waals surface area contributed by atoms with Gasteiger partial charge in [-0.2, -0.15) is 0 Å². The van der Waals surface area contributed by atoms with E-state index in [4.69, 9.17) is 5.53 Å². The van der Waals surface area contributed by atoms with Crippen LogP contribution < -0.4 is 4.74 Å². The maximum Gasteiger partial charge on any atom is 0.573 e. The number of halogens is 3. The summed E-state index contributed by atoms with van der Waals surface area (Å²) in [5.74, 6) is -1.60. The summed E-state index contributed by atoms with van der Waals surface area (Å²) in [7, 11) is 0. The summed E-state index contributed by atoms with van der Waals surface area (Å²) >= 11 is 0. The topological polar surface area (TPSA) is 123 Å². The fourth-order valence-corrected chi connectivity index (χ4v) is 2.44. The number of alkyl halides is 3. The van der Waals surface area contributed by atoms with Gasteiger partial charge in [0.1, 0.15) is 12.1 Å². The first-order chi connectivity index (χ1) is 14.2. The molecule has 30 heavy (non-hydrogen) atoms. The number of amides is 1. The molecule has 0 radical (unpaired) electrons. The molecule has 3 rings (SSSR count). The summed E-state index contributed by atoms with van der Waals surface area (Å²) in [5.41, 5.74) is 9.42. The molecule has 12 heteroatoms. The molecule has 9 nitrogen and oxygen atoms in total. The maximum absolute atomic E-state index is 12.4. The molecule has 1 heterocycles. The molecule has 0 atom stereocenters. The predicted molar refractivity (Wildman–Crippen MR) is 96.0 cm³/mol. The molecule has 0 aliphatic rings. The fraction of sp³-hybridized carbons (Fsp3) is 0.111. The smallest absolute Gasteiger partial charge is 0.406 e. The number of nitrogens with zero attached hydrogens (tertiary/aromatic N) is 6. The van der Waals surface area contributed by atoms with E-state index in [9.17, 15) is 22.8 Å². The van der Waals surface area contributed by atoms with E-state index in [2.05, 4.69) is 24.8 Å². The minimum absolute atomic E-state index is 0.0433. The molecule has 1 aromatic heterocycles. The number of hydrogen-bond donors (Lipinski definition) is 0. The van der Waals surface area contributed by atoms with Crippen molar-refractivity contribution in [1.82, 2.24) is 14.8 Å². The van der Waals surface area contributed by atoms with Crippen LogP contribution in [-0.2, 0) is 6.42 Å². The Kier molecular flexibility index (Phi) is 5.79. The van der Waals surface area contributed by atoms with Crippen molar-refractivity contribution in [2.75, 3.05) is 0 Å². The average molecular weight is 416 g/mol. The van der Waals surface area contributed by atoms with Gasteiger partial charge in [0, 0.05) is 16.9 Å². The molecule has 2 aromatic carbocycles. The van der Waals surface area contributed by atoms with Gasteiger partial charge in [0.2, 0.25) is 17.5 Å². The van der Waals surface area contributed by atoms with Gasteiger partial charge in [-0.3, -0.25) is 9.59 Å². The highest BCUT2D eigenvalue weighted by Crippen LogP contribution is 2.23. The second-order valence-corrected chi connectivity index (χ2v) is 5.85. The molecule has 0 aliphatic heterocycles. The highest BCUT2D eigenvalue weighted by molar-refractivity contribution is 5.96. The lowest BCUT2D eigenvalue weighted by Crippen LogP contribution is -2.17. The van der Waals surface area contributed by atoms with Crippen LogP contribution >= 0.6 is 0 Å². The van der Waals surface area contributed by atoms with E-state index >= 15 is 0 Å². The van der Waals surface area contributed by atoms with Gasteiger partial charge in [-0.25, -0.2) is 9.67 Å². The molecule has 0 saturated heterocycles. The van der Waals surface area contributed by atoms with E-state index < -0.39 is 18.1 Å². The van der Waals surface area contributed by atoms with Gasteiger partial charge in [0.05, 0.1) is 5.69 Å². The van der Waals surface area contributed by atoms with Crippen LogP contribution in [0.2, 0.25) is 0 Å². The van der Waals surface area contributed by atoms with E-state index in [1.54, 1.807) is 0 Å². The molecule has 0 unspecified atom stereocenters. The Bertz CT molecular complexity index is 1120. The van der Waals surface area contributed by atoms with Gasteiger partial charge in [-0.1, -0.05) is 24.3 Å². The Morgan fingerprint density at radius 2 is 1.77 bits per heavy atom. The van der Waals surface area contributed by atoms with Crippen LogP contribution in [0.4, 0.5) is 13.2 Å². The molecule has 0 spiro atoms. The lowest BCUT2D eigenvalue weighted by atomic mass is 10.1. The first-order valence-electron chi connectivity index (χ1n) is 8.24. The van der Waals surface area contributed by atoms with Crippen molar-refractivity contribution in [3.8, 4) is 11.4 Å². The van der Waals surface area contributed by atoms with E-state index in [1.165, 1.54) is 47.4 Å². The zero-order valence-electron chi connectivity index (χ0n) is 14.9. The normalized spacial score (nSPS) is 10.9. The SMILES string of the molecule is [N-]=[N+]=NC(=O)c1ccc(CC(=O)c2ncn(-c3ccc(OC(F)(F)F)cc3)n2)cc1. The van der Waals surface area contributed by atoms with E-state index in [1.807, 2.05) is 0 Å². The largest absolute Gasteiger partial charge is 0.573 e. The van der Waals surface area contributed by atoms with Gasteiger partial charge in [-0.05, 0) is 40.5 Å². The minimum atomic E-state index is -4.79. The van der Waals surface area contributed by atoms with Crippen molar-refractivity contribution in [3.63, 3.8) is 0 Å². The third-order valence-corrected chi connectivity index (χ3v) is 3.78. The molecule has 0 fully saturated rings. The quantitative estimate of drug-likeness (QED) is 0.260. The molecular weight excluding hydrogens is 405 g/mol. The Labute approximate surface area is 166 Å². The van der Waals surface area contributed by atoms with Crippen molar-refractivity contribution < 1.29 is 27.5 Å². The fourth-order valence-electron chi connectivity index (χ4n) is 2.44. The molecular formula is C18H11F3N6O3. The molecule has 0 bridgehead atoms. The van der Waals surface area contributed by atoms with Gasteiger partial charge < -0.3 is 4.74 Å². The average Bonchev–Trinajstić information content (AvgIpc) is 3.18. The molecule has 0 aliphatic carbocycles. The van der Waals surface area contributed by atoms with Gasteiger partial charge in [0.15, 0.2) is 0 Å². The maximum atomic E-state index is 12.4. The van der Waals surface area contributed by atoms with E-state index in [-0.39, 0.29) is 23.6 Å². The predicted octanol–water partition coefficient (Wildman–Crippen LogP) is 4.04. The Morgan fingerprint density at radius 3 is 2.37 bits per heavy atom. The number of rotatable bonds is 6. The zero-order valence-corrected chi connectivity index (χ0v) is 14.9. The van der Waals surface area contributed by atoms with E-state index in [0.29, 0.717) is 11.3 Å². The standard InChI is InChI=1S/C18H11F3N6O3/c19-18(20,21)30-14-7-5-13(6-8-14)27-10-23-16(25-27)15(28)9-11-1-3-12(4-2-11)17(29)24-26-22/h1-8,10H,9H2. The van der Waals surface area contributed by atoms with E-state index in [0.717, 1.165) is 12.1 Å². The summed E-state index contributed by atoms with van der Waals surface area (Å²) < 4.78 is 41.7. The summed E-state index contributed by atoms with van der Waals surface area (Å²) in [5, 5.41) is 7.01. The number of ether oxygens (including phenoxy) is 1. The van der Waals surface area contributed by atoms with Gasteiger partial charge >= 0.3 is 6.36 Å². The van der Waals surface area contributed by atoms with Crippen LogP contribution in [0.3, 0.4) is 0 Å². The number of carbonyl (C=O) groups is 2. The third-order valence-electron chi connectivity index (χ3n) is 3.78. The highest BCUT2D eigenvalue weighted by atomic mass is 19.4. The Hall–Kier alpha value is -4.18. The van der Waals surface area contributed by atoms with Crippen molar-refractivity contribution in [1.29, 1.82) is 0 Å². The minimum Gasteiger partial charge on any atom is -0.406 e. The Morgan fingerprint density at radius 1 is 1.10 bits per heavy atom. The molecule has 1 amide bonds. The van der Waals surface area contributed by atoms with Crippen molar-refractivity contribution >= 4 is 11.7 Å². The highest BCUT2D eigenvalue weighted by Gasteiger charge is 2.31. The van der Waals surface area contributed by atoms with Crippen LogP contribution in [0.25, 0.3) is 16.1 Å². The lowest BCUT2D eigenvalue weighted by Gasteiger charge is -2.09. The summed E-state index contributed by atoms with van der Waals surface area (Å²) in [4.78, 5) is 30.2. The zero-order chi connectivity index (χ0) is 21.7. The van der Waals surface area contributed by atoms with Gasteiger partial charge in [-0.15, -0.1) is 18.3 Å². The molecule has 3 aromatic rings. The number of azide groups is 1. The first-order valence-corrected chi connectivity index (χ1v) is 8.24.